The van der Waals surface area contributed by atoms with Crippen LogP contribution < -0.4 is 0 Å². The van der Waals surface area contributed by atoms with Crippen molar-refractivity contribution in [1.29, 1.82) is 0 Å². The number of nitrogens with zero attached hydrogens (tertiary/aromatic N) is 2. The van der Waals surface area contributed by atoms with E-state index < -0.39 is 5.97 Å². The summed E-state index contributed by atoms with van der Waals surface area (Å²) in [7, 11) is 1.86. The second-order valence-corrected chi connectivity index (χ2v) is 5.16. The largest absolute Gasteiger partial charge is 0.472 e. The minimum absolute atomic E-state index is 0.473. The topological polar surface area (TPSA) is 43.5 Å². The summed E-state index contributed by atoms with van der Waals surface area (Å²) in [4.78, 5) is 13.1. The van der Waals surface area contributed by atoms with E-state index in [0.717, 1.165) is 26.1 Å². The maximum absolute atomic E-state index is 11.1. The molecular formula is C14H27N2O2+. The Morgan fingerprint density at radius 2 is 1.83 bits per heavy atom. The molecule has 0 spiro atoms. The number of hydrogen-bond donors (Lipinski definition) is 1. The van der Waals surface area contributed by atoms with Gasteiger partial charge in [0.05, 0.1) is 13.6 Å². The summed E-state index contributed by atoms with van der Waals surface area (Å²) in [5.74, 6) is -0.320. The Morgan fingerprint density at radius 1 is 1.22 bits per heavy atom. The van der Waals surface area contributed by atoms with Crippen molar-refractivity contribution in [2.75, 3.05) is 26.7 Å². The van der Waals surface area contributed by atoms with Crippen LogP contribution in [0.4, 0.5) is 0 Å². The third-order valence-electron chi connectivity index (χ3n) is 3.59. The lowest BCUT2D eigenvalue weighted by Crippen LogP contribution is -2.36. The van der Waals surface area contributed by atoms with Gasteiger partial charge in [0, 0.05) is 0 Å². The molecule has 104 valence electrons. The molecule has 0 aliphatic carbocycles. The summed E-state index contributed by atoms with van der Waals surface area (Å²) in [6, 6.07) is 0. The standard InChI is InChI=1S/C14H26N2O2/c1-3-4-5-6-7-8-9-10-16-12-11-15(2)13(16)14(17)18/h3-12H2,1-2H3/p+1. The van der Waals surface area contributed by atoms with Gasteiger partial charge in [0.15, 0.2) is 0 Å². The number of carboxylic acid groups (broad SMARTS) is 1. The van der Waals surface area contributed by atoms with Gasteiger partial charge in [0.2, 0.25) is 0 Å². The highest BCUT2D eigenvalue weighted by molar-refractivity contribution is 6.32. The predicted octanol–water partition coefficient (Wildman–Crippen LogP) is 2.18. The van der Waals surface area contributed by atoms with E-state index in [1.807, 2.05) is 16.5 Å². The van der Waals surface area contributed by atoms with Crippen molar-refractivity contribution in [3.8, 4) is 0 Å². The van der Waals surface area contributed by atoms with Crippen LogP contribution in [0.15, 0.2) is 0 Å². The molecule has 0 amide bonds. The maximum atomic E-state index is 11.1. The minimum Gasteiger partial charge on any atom is -0.472 e. The van der Waals surface area contributed by atoms with Gasteiger partial charge in [-0.15, -0.1) is 0 Å². The summed E-state index contributed by atoms with van der Waals surface area (Å²) < 4.78 is 1.84. The predicted molar refractivity (Wildman–Crippen MR) is 73.3 cm³/mol. The second kappa shape index (κ2) is 8.11. The summed E-state index contributed by atoms with van der Waals surface area (Å²) in [6.45, 7) is 4.80. The van der Waals surface area contributed by atoms with Gasteiger partial charge in [-0.3, -0.25) is 9.48 Å². The zero-order chi connectivity index (χ0) is 13.4. The molecule has 0 unspecified atom stereocenters. The highest BCUT2D eigenvalue weighted by atomic mass is 16.4. The molecule has 1 aliphatic heterocycles. The molecule has 0 aromatic rings. The normalized spacial score (nSPS) is 15.6. The Kier molecular flexibility index (Phi) is 6.76. The van der Waals surface area contributed by atoms with Gasteiger partial charge in [-0.2, -0.15) is 0 Å². The average Bonchev–Trinajstić information content (AvgIpc) is 2.69. The van der Waals surface area contributed by atoms with Crippen LogP contribution in [0.5, 0.6) is 0 Å². The van der Waals surface area contributed by atoms with Crippen LogP contribution in [-0.2, 0) is 4.79 Å². The monoisotopic (exact) mass is 255 g/mol. The number of carbonyl (C=O) groups is 1. The molecule has 1 rings (SSSR count). The quantitative estimate of drug-likeness (QED) is 0.507. The van der Waals surface area contributed by atoms with Crippen LogP contribution >= 0.6 is 0 Å². The summed E-state index contributed by atoms with van der Waals surface area (Å²) in [6.07, 6.45) is 8.91. The van der Waals surface area contributed by atoms with Gasteiger partial charge >= 0.3 is 11.8 Å². The fourth-order valence-electron chi connectivity index (χ4n) is 2.50. The van der Waals surface area contributed by atoms with Gasteiger partial charge in [-0.05, 0) is 12.8 Å². The lowest BCUT2D eigenvalue weighted by molar-refractivity contribution is -0.486. The van der Waals surface area contributed by atoms with Crippen molar-refractivity contribution in [1.82, 2.24) is 4.90 Å². The van der Waals surface area contributed by atoms with Gasteiger partial charge in [-0.25, -0.2) is 4.79 Å². The number of unbranched alkanes of at least 4 members (excludes halogenated alkanes) is 6. The molecule has 0 radical (unpaired) electrons. The van der Waals surface area contributed by atoms with Crippen molar-refractivity contribution in [2.24, 2.45) is 0 Å². The van der Waals surface area contributed by atoms with Crippen molar-refractivity contribution < 1.29 is 14.5 Å². The number of aliphatic carboxylic acids is 1. The van der Waals surface area contributed by atoms with Crippen LogP contribution in [0.3, 0.4) is 0 Å². The minimum atomic E-state index is -0.794. The smallest absolute Gasteiger partial charge is 0.418 e. The van der Waals surface area contributed by atoms with Crippen LogP contribution in [-0.4, -0.2) is 53.1 Å². The first-order valence-corrected chi connectivity index (χ1v) is 7.23. The van der Waals surface area contributed by atoms with Crippen molar-refractivity contribution in [2.45, 2.75) is 51.9 Å². The summed E-state index contributed by atoms with van der Waals surface area (Å²) in [5, 5.41) is 9.13. The maximum Gasteiger partial charge on any atom is 0.418 e. The Labute approximate surface area is 110 Å². The third-order valence-corrected chi connectivity index (χ3v) is 3.59. The van der Waals surface area contributed by atoms with Gasteiger partial charge in [-0.1, -0.05) is 39.0 Å². The van der Waals surface area contributed by atoms with Crippen LogP contribution in [0, 0.1) is 0 Å². The molecule has 0 aromatic carbocycles. The molecule has 4 heteroatoms. The SMILES string of the molecule is CCCCCCCCCN1CC[N+](C)=C1C(=O)O. The molecular weight excluding hydrogens is 228 g/mol. The molecule has 1 aliphatic rings. The summed E-state index contributed by atoms with van der Waals surface area (Å²) in [5.41, 5.74) is 0. The fraction of sp³-hybridized carbons (Fsp3) is 0.857. The number of hydrogen-bond acceptors (Lipinski definition) is 2. The van der Waals surface area contributed by atoms with Crippen LogP contribution in [0.25, 0.3) is 0 Å². The van der Waals surface area contributed by atoms with E-state index in [1.165, 1.54) is 38.5 Å². The van der Waals surface area contributed by atoms with Crippen LogP contribution in [0.2, 0.25) is 0 Å². The summed E-state index contributed by atoms with van der Waals surface area (Å²) >= 11 is 0. The Morgan fingerprint density at radius 3 is 2.44 bits per heavy atom. The molecule has 1 heterocycles. The first-order chi connectivity index (χ1) is 8.66. The fourth-order valence-corrected chi connectivity index (χ4v) is 2.50. The third kappa shape index (κ3) is 4.67. The number of carboxylic acids is 1. The van der Waals surface area contributed by atoms with Crippen molar-refractivity contribution in [3.05, 3.63) is 0 Å². The van der Waals surface area contributed by atoms with Gasteiger partial charge < -0.3 is 5.11 Å². The van der Waals surface area contributed by atoms with Crippen LogP contribution in [0.1, 0.15) is 51.9 Å². The molecule has 4 nitrogen and oxygen atoms in total. The Bertz CT molecular complexity index is 300. The van der Waals surface area contributed by atoms with E-state index in [-0.39, 0.29) is 0 Å². The zero-order valence-electron chi connectivity index (χ0n) is 11.8. The van der Waals surface area contributed by atoms with Gasteiger partial charge in [0.25, 0.3) is 0 Å². The zero-order valence-corrected chi connectivity index (χ0v) is 11.8. The van der Waals surface area contributed by atoms with Crippen molar-refractivity contribution in [3.63, 3.8) is 0 Å². The highest BCUT2D eigenvalue weighted by Crippen LogP contribution is 2.09. The lowest BCUT2D eigenvalue weighted by atomic mass is 10.1. The van der Waals surface area contributed by atoms with E-state index in [0.29, 0.717) is 5.84 Å². The van der Waals surface area contributed by atoms with E-state index in [9.17, 15) is 4.79 Å². The second-order valence-electron chi connectivity index (χ2n) is 5.16. The molecule has 0 saturated heterocycles. The van der Waals surface area contributed by atoms with Crippen molar-refractivity contribution >= 4 is 11.8 Å². The number of rotatable bonds is 9. The first kappa shape index (κ1) is 15.0. The Hall–Kier alpha value is -1.06. The molecule has 0 fully saturated rings. The lowest BCUT2D eigenvalue weighted by Gasteiger charge is -2.10. The average molecular weight is 255 g/mol. The van der Waals surface area contributed by atoms with E-state index in [4.69, 9.17) is 5.11 Å². The number of likely N-dealkylation sites (N-methyl/N-ethyl adjacent to an activating group) is 1. The molecule has 0 aromatic heterocycles. The number of amidine groups is 1. The van der Waals surface area contributed by atoms with E-state index in [2.05, 4.69) is 6.92 Å². The van der Waals surface area contributed by atoms with Gasteiger partial charge in [0.1, 0.15) is 13.1 Å². The Balaban J connectivity index is 2.15. The molecule has 0 bridgehead atoms. The molecule has 18 heavy (non-hydrogen) atoms. The first-order valence-electron chi connectivity index (χ1n) is 7.23. The molecule has 0 atom stereocenters. The van der Waals surface area contributed by atoms with E-state index in [1.54, 1.807) is 0 Å². The molecule has 1 N–H and O–H groups in total. The molecule has 0 saturated carbocycles. The highest BCUT2D eigenvalue weighted by Gasteiger charge is 2.33. The van der Waals surface area contributed by atoms with E-state index >= 15 is 0 Å².